The van der Waals surface area contributed by atoms with Gasteiger partial charge in [-0.2, -0.15) is 13.5 Å². The summed E-state index contributed by atoms with van der Waals surface area (Å²) in [5.74, 6) is -0.0889. The van der Waals surface area contributed by atoms with Crippen molar-refractivity contribution in [2.75, 3.05) is 4.72 Å². The zero-order chi connectivity index (χ0) is 19.1. The Morgan fingerprint density at radius 3 is 2.31 bits per heavy atom. The monoisotopic (exact) mass is 391 g/mol. The van der Waals surface area contributed by atoms with E-state index in [0.29, 0.717) is 11.4 Å². The SMILES string of the molecule is Cc1cc(S(=O)(=O)Nc2nc(Cl)cc(-c3c(C)cccc3C)n2)n(C)n1. The molecule has 0 aliphatic carbocycles. The molecule has 1 aromatic carbocycles. The van der Waals surface area contributed by atoms with Crippen molar-refractivity contribution in [3.63, 3.8) is 0 Å². The summed E-state index contributed by atoms with van der Waals surface area (Å²) in [5, 5.41) is 4.23. The molecule has 3 aromatic rings. The van der Waals surface area contributed by atoms with Crippen molar-refractivity contribution in [3.8, 4) is 11.3 Å². The van der Waals surface area contributed by atoms with Gasteiger partial charge in [0, 0.05) is 18.7 Å². The van der Waals surface area contributed by atoms with Gasteiger partial charge in [-0.05, 0) is 38.0 Å². The quantitative estimate of drug-likeness (QED) is 0.689. The van der Waals surface area contributed by atoms with Gasteiger partial charge in [0.2, 0.25) is 5.95 Å². The Bertz CT molecular complexity index is 1070. The van der Waals surface area contributed by atoms with Gasteiger partial charge >= 0.3 is 0 Å². The molecular weight excluding hydrogens is 374 g/mol. The van der Waals surface area contributed by atoms with Crippen molar-refractivity contribution in [1.82, 2.24) is 19.7 Å². The second-order valence-electron chi connectivity index (χ2n) is 6.02. The largest absolute Gasteiger partial charge is 0.281 e. The standard InChI is InChI=1S/C17H18ClN5O2S/c1-10-6-5-7-11(2)16(10)13-9-14(18)20-17(19-13)22-26(24,25)15-8-12(3)21-23(15)4/h5-9H,1-4H3,(H,19,20,22). The van der Waals surface area contributed by atoms with E-state index in [2.05, 4.69) is 19.8 Å². The molecule has 2 aromatic heterocycles. The van der Waals surface area contributed by atoms with Crippen LogP contribution >= 0.6 is 11.6 Å². The molecule has 0 radical (unpaired) electrons. The first-order valence-electron chi connectivity index (χ1n) is 7.82. The number of rotatable bonds is 4. The number of hydrogen-bond acceptors (Lipinski definition) is 5. The van der Waals surface area contributed by atoms with E-state index in [4.69, 9.17) is 11.6 Å². The Labute approximate surface area is 157 Å². The van der Waals surface area contributed by atoms with Crippen molar-refractivity contribution in [3.05, 3.63) is 52.3 Å². The van der Waals surface area contributed by atoms with Gasteiger partial charge in [0.25, 0.3) is 10.0 Å². The number of hydrogen-bond donors (Lipinski definition) is 1. The maximum Gasteiger partial charge on any atom is 0.281 e. The Morgan fingerprint density at radius 2 is 1.73 bits per heavy atom. The van der Waals surface area contributed by atoms with E-state index < -0.39 is 10.0 Å². The van der Waals surface area contributed by atoms with E-state index in [1.807, 2.05) is 32.0 Å². The third kappa shape index (κ3) is 3.56. The third-order valence-electron chi connectivity index (χ3n) is 3.89. The molecule has 0 atom stereocenters. The van der Waals surface area contributed by atoms with E-state index in [1.54, 1.807) is 20.0 Å². The molecule has 7 nitrogen and oxygen atoms in total. The number of nitrogens with one attached hydrogen (secondary N) is 1. The van der Waals surface area contributed by atoms with E-state index in [-0.39, 0.29) is 16.1 Å². The summed E-state index contributed by atoms with van der Waals surface area (Å²) in [4.78, 5) is 8.36. The smallest absolute Gasteiger partial charge is 0.255 e. The molecule has 0 spiro atoms. The summed E-state index contributed by atoms with van der Waals surface area (Å²) in [6.45, 7) is 5.63. The Morgan fingerprint density at radius 1 is 1.08 bits per heavy atom. The molecule has 0 amide bonds. The van der Waals surface area contributed by atoms with Crippen LogP contribution in [0.4, 0.5) is 5.95 Å². The molecule has 1 N–H and O–H groups in total. The number of aryl methyl sites for hydroxylation is 4. The summed E-state index contributed by atoms with van der Waals surface area (Å²) in [5.41, 5.74) is 4.07. The van der Waals surface area contributed by atoms with Crippen LogP contribution in [0.1, 0.15) is 16.8 Å². The van der Waals surface area contributed by atoms with Gasteiger partial charge in [-0.3, -0.25) is 4.68 Å². The molecule has 0 aliphatic heterocycles. The van der Waals surface area contributed by atoms with Crippen molar-refractivity contribution in [1.29, 1.82) is 0 Å². The molecule has 26 heavy (non-hydrogen) atoms. The highest BCUT2D eigenvalue weighted by atomic mass is 35.5. The highest BCUT2D eigenvalue weighted by molar-refractivity contribution is 7.92. The van der Waals surface area contributed by atoms with Crippen LogP contribution in [0.5, 0.6) is 0 Å². The van der Waals surface area contributed by atoms with Crippen LogP contribution in [0, 0.1) is 20.8 Å². The molecule has 0 bridgehead atoms. The number of aromatic nitrogens is 4. The molecule has 0 fully saturated rings. The number of anilines is 1. The van der Waals surface area contributed by atoms with Crippen LogP contribution in [-0.4, -0.2) is 28.2 Å². The Kier molecular flexibility index (Phi) is 4.72. The summed E-state index contributed by atoms with van der Waals surface area (Å²) in [6, 6.07) is 8.95. The number of halogens is 1. The lowest BCUT2D eigenvalue weighted by molar-refractivity contribution is 0.581. The minimum Gasteiger partial charge on any atom is -0.255 e. The van der Waals surface area contributed by atoms with Crippen LogP contribution in [0.25, 0.3) is 11.3 Å². The second-order valence-corrected chi connectivity index (χ2v) is 8.04. The zero-order valence-corrected chi connectivity index (χ0v) is 16.4. The van der Waals surface area contributed by atoms with Crippen molar-refractivity contribution in [2.45, 2.75) is 25.8 Å². The maximum absolute atomic E-state index is 12.6. The van der Waals surface area contributed by atoms with Crippen LogP contribution < -0.4 is 4.72 Å². The van der Waals surface area contributed by atoms with Gasteiger partial charge in [-0.1, -0.05) is 29.8 Å². The summed E-state index contributed by atoms with van der Waals surface area (Å²) in [6.07, 6.45) is 0. The fourth-order valence-corrected chi connectivity index (χ4v) is 4.15. The third-order valence-corrected chi connectivity index (χ3v) is 5.47. The van der Waals surface area contributed by atoms with Gasteiger partial charge in [0.1, 0.15) is 5.15 Å². The Hall–Kier alpha value is -2.45. The Balaban J connectivity index is 2.05. The molecule has 0 saturated heterocycles. The first kappa shape index (κ1) is 18.3. The first-order chi connectivity index (χ1) is 12.2. The van der Waals surface area contributed by atoms with Gasteiger partial charge in [-0.15, -0.1) is 0 Å². The van der Waals surface area contributed by atoms with Gasteiger partial charge in [0.15, 0.2) is 5.03 Å². The summed E-state index contributed by atoms with van der Waals surface area (Å²) in [7, 11) is -2.33. The highest BCUT2D eigenvalue weighted by Gasteiger charge is 2.21. The second kappa shape index (κ2) is 6.69. The molecule has 136 valence electrons. The summed E-state index contributed by atoms with van der Waals surface area (Å²) < 4.78 is 28.9. The minimum atomic E-state index is -3.89. The fraction of sp³-hybridized carbons (Fsp3) is 0.235. The maximum atomic E-state index is 12.6. The fourth-order valence-electron chi connectivity index (χ4n) is 2.82. The lowest BCUT2D eigenvalue weighted by atomic mass is 10.00. The van der Waals surface area contributed by atoms with E-state index in [9.17, 15) is 8.42 Å². The first-order valence-corrected chi connectivity index (χ1v) is 9.68. The topological polar surface area (TPSA) is 89.8 Å². The van der Waals surface area contributed by atoms with Gasteiger partial charge in [0.05, 0.1) is 11.4 Å². The number of benzene rings is 1. The van der Waals surface area contributed by atoms with Crippen molar-refractivity contribution >= 4 is 27.6 Å². The minimum absolute atomic E-state index is 0.0206. The van der Waals surface area contributed by atoms with E-state index >= 15 is 0 Å². The number of nitrogens with zero attached hydrogens (tertiary/aromatic N) is 4. The average molecular weight is 392 g/mol. The predicted molar refractivity (Wildman–Crippen MR) is 101 cm³/mol. The van der Waals surface area contributed by atoms with E-state index in [1.165, 1.54) is 10.7 Å². The lowest BCUT2D eigenvalue weighted by Crippen LogP contribution is -2.18. The van der Waals surface area contributed by atoms with Crippen molar-refractivity contribution in [2.24, 2.45) is 7.05 Å². The van der Waals surface area contributed by atoms with Crippen LogP contribution in [-0.2, 0) is 17.1 Å². The number of sulfonamides is 1. The van der Waals surface area contributed by atoms with Crippen molar-refractivity contribution < 1.29 is 8.42 Å². The van der Waals surface area contributed by atoms with Crippen LogP contribution in [0.15, 0.2) is 35.4 Å². The zero-order valence-electron chi connectivity index (χ0n) is 14.8. The molecule has 9 heteroatoms. The molecule has 3 rings (SSSR count). The average Bonchev–Trinajstić information content (AvgIpc) is 2.85. The molecule has 0 unspecified atom stereocenters. The predicted octanol–water partition coefficient (Wildman–Crippen LogP) is 3.26. The van der Waals surface area contributed by atoms with E-state index in [0.717, 1.165) is 16.7 Å². The molecule has 0 saturated carbocycles. The lowest BCUT2D eigenvalue weighted by Gasteiger charge is -2.12. The van der Waals surface area contributed by atoms with Crippen LogP contribution in [0.3, 0.4) is 0 Å². The highest BCUT2D eigenvalue weighted by Crippen LogP contribution is 2.28. The molecule has 0 aliphatic rings. The van der Waals surface area contributed by atoms with Gasteiger partial charge < -0.3 is 0 Å². The molecular formula is C17H18ClN5O2S. The summed E-state index contributed by atoms with van der Waals surface area (Å²) >= 11 is 6.11. The molecule has 2 heterocycles. The normalized spacial score (nSPS) is 11.6. The van der Waals surface area contributed by atoms with Gasteiger partial charge in [-0.25, -0.2) is 14.7 Å². The van der Waals surface area contributed by atoms with Crippen LogP contribution in [0.2, 0.25) is 5.15 Å².